The Balaban J connectivity index is 1.80. The Morgan fingerprint density at radius 3 is 1.97 bits per heavy atom. The molecule has 1 atom stereocenters. The molecule has 3 aromatic rings. The van der Waals surface area contributed by atoms with Crippen LogP contribution in [0.2, 0.25) is 0 Å². The molecular formula is C27H28F3NO. The van der Waals surface area contributed by atoms with Crippen molar-refractivity contribution in [1.82, 2.24) is 5.32 Å². The fourth-order valence-corrected chi connectivity index (χ4v) is 3.77. The minimum Gasteiger partial charge on any atom is -0.345 e. The van der Waals surface area contributed by atoms with Gasteiger partial charge in [-0.15, -0.1) is 0 Å². The summed E-state index contributed by atoms with van der Waals surface area (Å²) in [7, 11) is 0. The summed E-state index contributed by atoms with van der Waals surface area (Å²) < 4.78 is 39.0. The molecule has 32 heavy (non-hydrogen) atoms. The van der Waals surface area contributed by atoms with Gasteiger partial charge < -0.3 is 5.32 Å². The second-order valence-electron chi connectivity index (χ2n) is 8.87. The van der Waals surface area contributed by atoms with Gasteiger partial charge in [-0.05, 0) is 60.1 Å². The van der Waals surface area contributed by atoms with Crippen LogP contribution in [0, 0.1) is 5.41 Å². The van der Waals surface area contributed by atoms with E-state index in [1.807, 2.05) is 24.3 Å². The zero-order valence-electron chi connectivity index (χ0n) is 18.3. The molecule has 0 aliphatic rings. The summed E-state index contributed by atoms with van der Waals surface area (Å²) in [6.45, 7) is 4.25. The van der Waals surface area contributed by atoms with Crippen molar-refractivity contribution in [1.29, 1.82) is 0 Å². The number of hydrogen-bond donors (Lipinski definition) is 1. The van der Waals surface area contributed by atoms with Crippen LogP contribution in [-0.2, 0) is 12.6 Å². The highest BCUT2D eigenvalue weighted by molar-refractivity contribution is 5.94. The van der Waals surface area contributed by atoms with Crippen LogP contribution in [0.1, 0.15) is 59.8 Å². The third-order valence-corrected chi connectivity index (χ3v) is 5.67. The van der Waals surface area contributed by atoms with Gasteiger partial charge in [0.2, 0.25) is 0 Å². The fraction of sp³-hybridized carbons (Fsp3) is 0.296. The number of carbonyl (C=O) groups excluding carboxylic acids is 1. The third kappa shape index (κ3) is 6.71. The number of carbonyl (C=O) groups is 1. The zero-order chi connectivity index (χ0) is 23.2. The first-order valence-electron chi connectivity index (χ1n) is 10.7. The molecule has 0 bridgehead atoms. The number of rotatable bonds is 8. The van der Waals surface area contributed by atoms with Crippen LogP contribution in [0.15, 0.2) is 84.9 Å². The molecule has 1 N–H and O–H groups in total. The van der Waals surface area contributed by atoms with E-state index >= 15 is 0 Å². The summed E-state index contributed by atoms with van der Waals surface area (Å²) >= 11 is 0. The van der Waals surface area contributed by atoms with Gasteiger partial charge in [0.25, 0.3) is 5.91 Å². The largest absolute Gasteiger partial charge is 0.416 e. The number of aryl methyl sites for hydroxylation is 1. The molecule has 0 aliphatic heterocycles. The average molecular weight is 440 g/mol. The molecule has 0 aliphatic carbocycles. The van der Waals surface area contributed by atoms with Gasteiger partial charge >= 0.3 is 6.18 Å². The van der Waals surface area contributed by atoms with E-state index in [-0.39, 0.29) is 11.3 Å². The van der Waals surface area contributed by atoms with Crippen molar-refractivity contribution >= 4 is 5.91 Å². The van der Waals surface area contributed by atoms with Crippen LogP contribution < -0.4 is 5.32 Å². The predicted octanol–water partition coefficient (Wildman–Crippen LogP) is 7.23. The maximum Gasteiger partial charge on any atom is 0.416 e. The Hall–Kier alpha value is -3.08. The van der Waals surface area contributed by atoms with Crippen molar-refractivity contribution in [2.45, 2.75) is 45.3 Å². The lowest BCUT2D eigenvalue weighted by atomic mass is 9.79. The average Bonchev–Trinajstić information content (AvgIpc) is 2.78. The maximum atomic E-state index is 13.0. The van der Waals surface area contributed by atoms with Crippen molar-refractivity contribution < 1.29 is 18.0 Å². The lowest BCUT2D eigenvalue weighted by Crippen LogP contribution is -2.32. The molecule has 0 spiro atoms. The molecule has 2 nitrogen and oxygen atoms in total. The van der Waals surface area contributed by atoms with Gasteiger partial charge in [0.15, 0.2) is 0 Å². The normalized spacial score (nSPS) is 12.9. The highest BCUT2D eigenvalue weighted by atomic mass is 19.4. The number of nitrogens with one attached hydrogen (secondary N) is 1. The van der Waals surface area contributed by atoms with E-state index in [0.29, 0.717) is 17.5 Å². The van der Waals surface area contributed by atoms with Gasteiger partial charge in [-0.25, -0.2) is 0 Å². The van der Waals surface area contributed by atoms with Gasteiger partial charge in [0.1, 0.15) is 0 Å². The molecule has 0 saturated carbocycles. The van der Waals surface area contributed by atoms with Crippen LogP contribution in [0.25, 0.3) is 0 Å². The summed E-state index contributed by atoms with van der Waals surface area (Å²) in [5, 5.41) is 3.04. The predicted molar refractivity (Wildman–Crippen MR) is 121 cm³/mol. The van der Waals surface area contributed by atoms with E-state index in [1.165, 1.54) is 17.7 Å². The Morgan fingerprint density at radius 2 is 1.41 bits per heavy atom. The van der Waals surface area contributed by atoms with E-state index in [2.05, 4.69) is 31.3 Å². The van der Waals surface area contributed by atoms with E-state index < -0.39 is 17.8 Å². The minimum atomic E-state index is -4.39. The molecule has 3 rings (SSSR count). The second kappa shape index (κ2) is 10.0. The molecule has 0 heterocycles. The van der Waals surface area contributed by atoms with Gasteiger partial charge in [-0.1, -0.05) is 74.5 Å². The monoisotopic (exact) mass is 439 g/mol. The highest BCUT2D eigenvalue weighted by Crippen LogP contribution is 2.36. The number of halogens is 3. The van der Waals surface area contributed by atoms with Gasteiger partial charge in [-0.3, -0.25) is 4.79 Å². The van der Waals surface area contributed by atoms with E-state index in [0.717, 1.165) is 25.0 Å². The Morgan fingerprint density at radius 1 is 0.844 bits per heavy atom. The van der Waals surface area contributed by atoms with Crippen molar-refractivity contribution in [3.8, 4) is 0 Å². The Labute approximate surface area is 187 Å². The van der Waals surface area contributed by atoms with Gasteiger partial charge in [0, 0.05) is 5.56 Å². The topological polar surface area (TPSA) is 29.1 Å². The summed E-state index contributed by atoms with van der Waals surface area (Å²) in [4.78, 5) is 12.8. The SMILES string of the molecule is CC(C)(CCc1ccccc1)CC(NC(=O)c1ccccc1)c1ccc(C(F)(F)F)cc1. The summed E-state index contributed by atoms with van der Waals surface area (Å²) in [5.41, 5.74) is 1.58. The second-order valence-corrected chi connectivity index (χ2v) is 8.87. The number of amides is 1. The van der Waals surface area contributed by atoms with Crippen molar-refractivity contribution in [2.24, 2.45) is 5.41 Å². The standard InChI is InChI=1S/C27H28F3NO/c1-26(2,18-17-20-9-5-3-6-10-20)19-24(31-25(32)22-11-7-4-8-12-22)21-13-15-23(16-14-21)27(28,29)30/h3-16,24H,17-19H2,1-2H3,(H,31,32). The van der Waals surface area contributed by atoms with E-state index in [9.17, 15) is 18.0 Å². The van der Waals surface area contributed by atoms with Crippen molar-refractivity contribution in [3.05, 3.63) is 107 Å². The highest BCUT2D eigenvalue weighted by Gasteiger charge is 2.31. The minimum absolute atomic E-state index is 0.146. The van der Waals surface area contributed by atoms with E-state index in [1.54, 1.807) is 24.3 Å². The van der Waals surface area contributed by atoms with Crippen LogP contribution in [0.5, 0.6) is 0 Å². The summed E-state index contributed by atoms with van der Waals surface area (Å²) in [5.74, 6) is -0.241. The number of hydrogen-bond acceptors (Lipinski definition) is 1. The van der Waals surface area contributed by atoms with Crippen molar-refractivity contribution in [3.63, 3.8) is 0 Å². The molecule has 0 saturated heterocycles. The fourth-order valence-electron chi connectivity index (χ4n) is 3.77. The zero-order valence-corrected chi connectivity index (χ0v) is 18.3. The smallest absolute Gasteiger partial charge is 0.345 e. The molecular weight excluding hydrogens is 411 g/mol. The number of alkyl halides is 3. The lowest BCUT2D eigenvalue weighted by molar-refractivity contribution is -0.137. The first-order valence-corrected chi connectivity index (χ1v) is 10.7. The summed E-state index contributed by atoms with van der Waals surface area (Å²) in [6.07, 6.45) is -2.02. The molecule has 3 aromatic carbocycles. The Bertz CT molecular complexity index is 997. The van der Waals surface area contributed by atoms with E-state index in [4.69, 9.17) is 0 Å². The van der Waals surface area contributed by atoms with Crippen LogP contribution >= 0.6 is 0 Å². The molecule has 168 valence electrons. The molecule has 1 unspecified atom stereocenters. The van der Waals surface area contributed by atoms with Gasteiger partial charge in [-0.2, -0.15) is 13.2 Å². The van der Waals surface area contributed by atoms with Crippen LogP contribution in [0.4, 0.5) is 13.2 Å². The molecule has 5 heteroatoms. The molecule has 0 radical (unpaired) electrons. The summed E-state index contributed by atoms with van der Waals surface area (Å²) in [6, 6.07) is 23.7. The van der Waals surface area contributed by atoms with Crippen molar-refractivity contribution in [2.75, 3.05) is 0 Å². The molecule has 0 fully saturated rings. The Kier molecular flexibility index (Phi) is 7.39. The first kappa shape index (κ1) is 23.6. The van der Waals surface area contributed by atoms with Crippen LogP contribution in [0.3, 0.4) is 0 Å². The quantitative estimate of drug-likeness (QED) is 0.394. The lowest BCUT2D eigenvalue weighted by Gasteiger charge is -2.31. The third-order valence-electron chi connectivity index (χ3n) is 5.67. The maximum absolute atomic E-state index is 13.0. The van der Waals surface area contributed by atoms with Crippen LogP contribution in [-0.4, -0.2) is 5.91 Å². The number of benzene rings is 3. The molecule has 0 aromatic heterocycles. The first-order chi connectivity index (χ1) is 15.1. The van der Waals surface area contributed by atoms with Gasteiger partial charge in [0.05, 0.1) is 11.6 Å². The molecule has 1 amide bonds.